The third-order valence-corrected chi connectivity index (χ3v) is 4.00. The Morgan fingerprint density at radius 3 is 2.89 bits per heavy atom. The fraction of sp³-hybridized carbons (Fsp3) is 0.571. The SMILES string of the molecule is CC1CN(Cc2c(F)cccc2Cl)C(C)(C)CN1. The van der Waals surface area contributed by atoms with Crippen LogP contribution < -0.4 is 5.32 Å². The highest BCUT2D eigenvalue weighted by Gasteiger charge is 2.33. The topological polar surface area (TPSA) is 15.3 Å². The standard InChI is InChI=1S/C14H20ClFN2/c1-10-7-18(14(2,3)9-17-10)8-11-12(15)5-4-6-13(11)16/h4-6,10,17H,7-9H2,1-3H3. The third kappa shape index (κ3) is 2.85. The molecule has 1 unspecified atom stereocenters. The predicted molar refractivity (Wildman–Crippen MR) is 73.4 cm³/mol. The molecule has 1 N–H and O–H groups in total. The second-order valence-corrected chi connectivity index (χ2v) is 6.08. The van der Waals surface area contributed by atoms with Gasteiger partial charge in [-0.1, -0.05) is 17.7 Å². The molecule has 1 heterocycles. The molecule has 1 aliphatic rings. The van der Waals surface area contributed by atoms with Crippen molar-refractivity contribution in [3.8, 4) is 0 Å². The van der Waals surface area contributed by atoms with Crippen LogP contribution in [0.2, 0.25) is 5.02 Å². The first-order valence-corrected chi connectivity index (χ1v) is 6.69. The van der Waals surface area contributed by atoms with E-state index < -0.39 is 0 Å². The van der Waals surface area contributed by atoms with Crippen molar-refractivity contribution in [1.82, 2.24) is 10.2 Å². The molecular formula is C14H20ClFN2. The number of hydrogen-bond donors (Lipinski definition) is 1. The monoisotopic (exact) mass is 270 g/mol. The van der Waals surface area contributed by atoms with Crippen LogP contribution in [0.15, 0.2) is 18.2 Å². The van der Waals surface area contributed by atoms with Crippen LogP contribution in [0.3, 0.4) is 0 Å². The molecule has 100 valence electrons. The number of rotatable bonds is 2. The molecule has 2 rings (SSSR count). The normalized spacial score (nSPS) is 24.2. The highest BCUT2D eigenvalue weighted by atomic mass is 35.5. The molecule has 0 spiro atoms. The maximum atomic E-state index is 13.8. The lowest BCUT2D eigenvalue weighted by Crippen LogP contribution is -2.60. The van der Waals surface area contributed by atoms with Crippen LogP contribution in [0, 0.1) is 5.82 Å². The second kappa shape index (κ2) is 5.16. The average molecular weight is 271 g/mol. The predicted octanol–water partition coefficient (Wildman–Crippen LogP) is 3.05. The van der Waals surface area contributed by atoms with E-state index >= 15 is 0 Å². The second-order valence-electron chi connectivity index (χ2n) is 5.68. The van der Waals surface area contributed by atoms with E-state index in [0.29, 0.717) is 23.2 Å². The summed E-state index contributed by atoms with van der Waals surface area (Å²) < 4.78 is 13.8. The summed E-state index contributed by atoms with van der Waals surface area (Å²) in [5, 5.41) is 3.96. The zero-order valence-corrected chi connectivity index (χ0v) is 11.9. The van der Waals surface area contributed by atoms with E-state index in [1.165, 1.54) is 6.07 Å². The Morgan fingerprint density at radius 1 is 1.50 bits per heavy atom. The summed E-state index contributed by atoms with van der Waals surface area (Å²) in [5.74, 6) is -0.218. The van der Waals surface area contributed by atoms with Gasteiger partial charge in [-0.05, 0) is 32.9 Å². The quantitative estimate of drug-likeness (QED) is 0.889. The van der Waals surface area contributed by atoms with Gasteiger partial charge in [0.2, 0.25) is 0 Å². The summed E-state index contributed by atoms with van der Waals surface area (Å²) in [4.78, 5) is 2.29. The molecule has 0 radical (unpaired) electrons. The number of piperazine rings is 1. The van der Waals surface area contributed by atoms with Gasteiger partial charge < -0.3 is 5.32 Å². The first kappa shape index (κ1) is 13.8. The van der Waals surface area contributed by atoms with Crippen molar-refractivity contribution in [2.45, 2.75) is 38.9 Å². The molecule has 1 atom stereocenters. The molecule has 0 aliphatic carbocycles. The molecule has 0 amide bonds. The van der Waals surface area contributed by atoms with Gasteiger partial charge in [-0.15, -0.1) is 0 Å². The van der Waals surface area contributed by atoms with Crippen molar-refractivity contribution in [2.75, 3.05) is 13.1 Å². The molecule has 1 aromatic rings. The molecule has 0 bridgehead atoms. The van der Waals surface area contributed by atoms with Crippen LogP contribution >= 0.6 is 11.6 Å². The maximum Gasteiger partial charge on any atom is 0.129 e. The van der Waals surface area contributed by atoms with E-state index in [1.54, 1.807) is 12.1 Å². The maximum absolute atomic E-state index is 13.8. The minimum absolute atomic E-state index is 0.0120. The zero-order valence-electron chi connectivity index (χ0n) is 11.1. The zero-order chi connectivity index (χ0) is 13.3. The summed E-state index contributed by atoms with van der Waals surface area (Å²) in [5.41, 5.74) is 0.610. The highest BCUT2D eigenvalue weighted by Crippen LogP contribution is 2.26. The largest absolute Gasteiger partial charge is 0.311 e. The van der Waals surface area contributed by atoms with Crippen molar-refractivity contribution in [3.63, 3.8) is 0 Å². The molecule has 1 aromatic carbocycles. The van der Waals surface area contributed by atoms with Gasteiger partial charge in [-0.25, -0.2) is 4.39 Å². The summed E-state index contributed by atoms with van der Waals surface area (Å²) >= 11 is 6.10. The van der Waals surface area contributed by atoms with Gasteiger partial charge in [0, 0.05) is 41.8 Å². The molecule has 0 saturated carbocycles. The van der Waals surface area contributed by atoms with Gasteiger partial charge in [0.05, 0.1) is 0 Å². The summed E-state index contributed by atoms with van der Waals surface area (Å²) in [7, 11) is 0. The van der Waals surface area contributed by atoms with Crippen molar-refractivity contribution >= 4 is 11.6 Å². The van der Waals surface area contributed by atoms with Gasteiger partial charge >= 0.3 is 0 Å². The minimum atomic E-state index is -0.218. The van der Waals surface area contributed by atoms with Gasteiger partial charge in [-0.2, -0.15) is 0 Å². The number of benzene rings is 1. The number of halogens is 2. The van der Waals surface area contributed by atoms with Crippen LogP contribution in [0.5, 0.6) is 0 Å². The lowest BCUT2D eigenvalue weighted by molar-refractivity contribution is 0.0617. The average Bonchev–Trinajstić information content (AvgIpc) is 2.28. The minimum Gasteiger partial charge on any atom is -0.311 e. The summed E-state index contributed by atoms with van der Waals surface area (Å²) in [6.45, 7) is 8.84. The number of nitrogens with one attached hydrogen (secondary N) is 1. The van der Waals surface area contributed by atoms with E-state index in [4.69, 9.17) is 11.6 Å². The summed E-state index contributed by atoms with van der Waals surface area (Å²) in [6.07, 6.45) is 0. The lowest BCUT2D eigenvalue weighted by Gasteiger charge is -2.45. The van der Waals surface area contributed by atoms with Gasteiger partial charge in [-0.3, -0.25) is 4.90 Å². The Kier molecular flexibility index (Phi) is 3.95. The van der Waals surface area contributed by atoms with E-state index in [2.05, 4.69) is 31.0 Å². The van der Waals surface area contributed by atoms with Crippen LogP contribution in [-0.4, -0.2) is 29.6 Å². The lowest BCUT2D eigenvalue weighted by atomic mass is 9.97. The first-order chi connectivity index (χ1) is 8.40. The molecule has 1 fully saturated rings. The van der Waals surface area contributed by atoms with E-state index in [0.717, 1.165) is 13.1 Å². The number of hydrogen-bond acceptors (Lipinski definition) is 2. The molecule has 1 aliphatic heterocycles. The molecule has 1 saturated heterocycles. The van der Waals surface area contributed by atoms with E-state index in [1.807, 2.05) is 0 Å². The Morgan fingerprint density at radius 2 is 2.22 bits per heavy atom. The third-order valence-electron chi connectivity index (χ3n) is 3.64. The first-order valence-electron chi connectivity index (χ1n) is 6.31. The summed E-state index contributed by atoms with van der Waals surface area (Å²) in [6, 6.07) is 5.29. The Labute approximate surface area is 113 Å². The molecule has 0 aromatic heterocycles. The molecule has 4 heteroatoms. The smallest absolute Gasteiger partial charge is 0.129 e. The Bertz CT molecular complexity index is 414. The van der Waals surface area contributed by atoms with Crippen molar-refractivity contribution in [2.24, 2.45) is 0 Å². The van der Waals surface area contributed by atoms with E-state index in [9.17, 15) is 4.39 Å². The highest BCUT2D eigenvalue weighted by molar-refractivity contribution is 6.31. The van der Waals surface area contributed by atoms with Crippen LogP contribution in [0.1, 0.15) is 26.3 Å². The van der Waals surface area contributed by atoms with Crippen molar-refractivity contribution in [3.05, 3.63) is 34.6 Å². The van der Waals surface area contributed by atoms with Crippen LogP contribution in [0.4, 0.5) is 4.39 Å². The van der Waals surface area contributed by atoms with Crippen molar-refractivity contribution in [1.29, 1.82) is 0 Å². The van der Waals surface area contributed by atoms with Crippen LogP contribution in [-0.2, 0) is 6.54 Å². The van der Waals surface area contributed by atoms with Gasteiger partial charge in [0.1, 0.15) is 5.82 Å². The van der Waals surface area contributed by atoms with Crippen molar-refractivity contribution < 1.29 is 4.39 Å². The number of nitrogens with zero attached hydrogens (tertiary/aromatic N) is 1. The van der Waals surface area contributed by atoms with Gasteiger partial charge in [0.15, 0.2) is 0 Å². The molecular weight excluding hydrogens is 251 g/mol. The Balaban J connectivity index is 2.21. The fourth-order valence-electron chi connectivity index (χ4n) is 2.33. The molecule has 2 nitrogen and oxygen atoms in total. The fourth-order valence-corrected chi connectivity index (χ4v) is 2.55. The van der Waals surface area contributed by atoms with E-state index in [-0.39, 0.29) is 11.4 Å². The molecule has 18 heavy (non-hydrogen) atoms. The van der Waals surface area contributed by atoms with Crippen LogP contribution in [0.25, 0.3) is 0 Å². The van der Waals surface area contributed by atoms with Gasteiger partial charge in [0.25, 0.3) is 0 Å². The Hall–Kier alpha value is -0.640.